The molecule has 1 heterocycles. The van der Waals surface area contributed by atoms with Crippen molar-refractivity contribution in [2.75, 3.05) is 6.61 Å². The summed E-state index contributed by atoms with van der Waals surface area (Å²) in [5.41, 5.74) is 2.16. The molecule has 3 nitrogen and oxygen atoms in total. The zero-order valence-corrected chi connectivity index (χ0v) is 8.09. The molecule has 0 radical (unpaired) electrons. The van der Waals surface area contributed by atoms with Gasteiger partial charge in [0.25, 0.3) is 0 Å². The maximum Gasteiger partial charge on any atom is 0.311 e. The zero-order chi connectivity index (χ0) is 9.68. The lowest BCUT2D eigenvalue weighted by Crippen LogP contribution is -2.08. The van der Waals surface area contributed by atoms with E-state index in [0.29, 0.717) is 13.0 Å². The molecule has 0 saturated heterocycles. The Morgan fingerprint density at radius 3 is 2.92 bits per heavy atom. The molecule has 72 valence electrons. The largest absolute Gasteiger partial charge is 0.466 e. The molecule has 1 rings (SSSR count). The summed E-state index contributed by atoms with van der Waals surface area (Å²) in [7, 11) is 0. The topological polar surface area (TPSA) is 42.1 Å². The molecular formula is C10H15NO2. The molecule has 0 saturated carbocycles. The van der Waals surface area contributed by atoms with Gasteiger partial charge < -0.3 is 9.72 Å². The highest BCUT2D eigenvalue weighted by Crippen LogP contribution is 2.08. The summed E-state index contributed by atoms with van der Waals surface area (Å²) >= 11 is 0. The van der Waals surface area contributed by atoms with Gasteiger partial charge in [0.15, 0.2) is 0 Å². The van der Waals surface area contributed by atoms with Gasteiger partial charge in [-0.25, -0.2) is 0 Å². The third-order valence-electron chi connectivity index (χ3n) is 1.94. The van der Waals surface area contributed by atoms with Crippen LogP contribution in [-0.4, -0.2) is 17.6 Å². The zero-order valence-electron chi connectivity index (χ0n) is 8.09. The second kappa shape index (κ2) is 4.70. The predicted molar refractivity (Wildman–Crippen MR) is 50.5 cm³/mol. The van der Waals surface area contributed by atoms with Gasteiger partial charge in [0.2, 0.25) is 0 Å². The van der Waals surface area contributed by atoms with Gasteiger partial charge in [-0.2, -0.15) is 0 Å². The van der Waals surface area contributed by atoms with Crippen LogP contribution >= 0.6 is 0 Å². The number of aryl methyl sites for hydroxylation is 1. The van der Waals surface area contributed by atoms with Crippen LogP contribution in [0.15, 0.2) is 12.3 Å². The maximum atomic E-state index is 11.1. The number of rotatable bonds is 4. The molecule has 1 aromatic heterocycles. The molecule has 0 aromatic carbocycles. The van der Waals surface area contributed by atoms with E-state index >= 15 is 0 Å². The highest BCUT2D eigenvalue weighted by Gasteiger charge is 2.07. The summed E-state index contributed by atoms with van der Waals surface area (Å²) in [6.07, 6.45) is 3.15. The fraction of sp³-hybridized carbons (Fsp3) is 0.500. The van der Waals surface area contributed by atoms with Crippen molar-refractivity contribution in [2.45, 2.75) is 26.7 Å². The molecule has 0 unspecified atom stereocenters. The number of hydrogen-bond donors (Lipinski definition) is 1. The fourth-order valence-corrected chi connectivity index (χ4v) is 1.29. The minimum absolute atomic E-state index is 0.167. The summed E-state index contributed by atoms with van der Waals surface area (Å²) < 4.78 is 4.86. The van der Waals surface area contributed by atoms with E-state index in [4.69, 9.17) is 4.74 Å². The third kappa shape index (κ3) is 2.61. The Bertz CT molecular complexity index is 278. The summed E-state index contributed by atoms with van der Waals surface area (Å²) in [5, 5.41) is 0. The summed E-state index contributed by atoms with van der Waals surface area (Å²) in [6, 6.07) is 1.99. The molecule has 1 aromatic rings. The van der Waals surface area contributed by atoms with Crippen LogP contribution in [0.3, 0.4) is 0 Å². The van der Waals surface area contributed by atoms with E-state index < -0.39 is 0 Å². The van der Waals surface area contributed by atoms with Crippen LogP contribution < -0.4 is 0 Å². The smallest absolute Gasteiger partial charge is 0.311 e. The Kier molecular flexibility index (Phi) is 3.55. The van der Waals surface area contributed by atoms with Gasteiger partial charge in [0.05, 0.1) is 13.0 Å². The highest BCUT2D eigenvalue weighted by molar-refractivity contribution is 5.72. The molecule has 3 heteroatoms. The number of ether oxygens (including phenoxy) is 1. The number of carbonyl (C=O) groups excluding carboxylic acids is 1. The first kappa shape index (κ1) is 9.84. The number of aromatic nitrogens is 1. The minimum atomic E-state index is -0.167. The number of carbonyl (C=O) groups is 1. The van der Waals surface area contributed by atoms with Gasteiger partial charge in [0.1, 0.15) is 0 Å². The molecular weight excluding hydrogens is 166 g/mol. The van der Waals surface area contributed by atoms with Crippen molar-refractivity contribution in [1.29, 1.82) is 0 Å². The van der Waals surface area contributed by atoms with Crippen molar-refractivity contribution in [3.05, 3.63) is 23.5 Å². The molecule has 0 amide bonds. The molecule has 13 heavy (non-hydrogen) atoms. The van der Waals surface area contributed by atoms with Gasteiger partial charge in [0, 0.05) is 11.9 Å². The second-order valence-electron chi connectivity index (χ2n) is 2.82. The van der Waals surface area contributed by atoms with E-state index in [9.17, 15) is 4.79 Å². The Labute approximate surface area is 78.1 Å². The SMILES string of the molecule is CCOC(=O)Cc1[nH]ccc1CC. The Morgan fingerprint density at radius 2 is 2.31 bits per heavy atom. The van der Waals surface area contributed by atoms with Crippen LogP contribution in [-0.2, 0) is 22.4 Å². The molecule has 0 aliphatic rings. The van der Waals surface area contributed by atoms with E-state index in [1.807, 2.05) is 19.2 Å². The van der Waals surface area contributed by atoms with Crippen LogP contribution in [0.1, 0.15) is 25.1 Å². The van der Waals surface area contributed by atoms with Crippen molar-refractivity contribution in [1.82, 2.24) is 4.98 Å². The Hall–Kier alpha value is -1.25. The van der Waals surface area contributed by atoms with Gasteiger partial charge in [-0.3, -0.25) is 4.79 Å². The summed E-state index contributed by atoms with van der Waals surface area (Å²) in [5.74, 6) is -0.167. The standard InChI is InChI=1S/C10H15NO2/c1-3-8-5-6-11-9(8)7-10(12)13-4-2/h5-6,11H,3-4,7H2,1-2H3. The van der Waals surface area contributed by atoms with Gasteiger partial charge in [-0.15, -0.1) is 0 Å². The van der Waals surface area contributed by atoms with Crippen molar-refractivity contribution >= 4 is 5.97 Å². The average Bonchev–Trinajstić information content (AvgIpc) is 2.52. The second-order valence-corrected chi connectivity index (χ2v) is 2.82. The first-order chi connectivity index (χ1) is 6.27. The Balaban J connectivity index is 2.57. The first-order valence-electron chi connectivity index (χ1n) is 4.58. The van der Waals surface area contributed by atoms with Crippen LogP contribution in [0.25, 0.3) is 0 Å². The lowest BCUT2D eigenvalue weighted by atomic mass is 10.1. The van der Waals surface area contributed by atoms with E-state index in [-0.39, 0.29) is 5.97 Å². The normalized spacial score (nSPS) is 10.0. The molecule has 0 bridgehead atoms. The van der Waals surface area contributed by atoms with E-state index in [0.717, 1.165) is 12.1 Å². The molecule has 0 aliphatic heterocycles. The van der Waals surface area contributed by atoms with Crippen LogP contribution in [0, 0.1) is 0 Å². The lowest BCUT2D eigenvalue weighted by Gasteiger charge is -2.01. The number of H-pyrrole nitrogens is 1. The molecule has 1 N–H and O–H groups in total. The van der Waals surface area contributed by atoms with Crippen molar-refractivity contribution in [3.63, 3.8) is 0 Å². The maximum absolute atomic E-state index is 11.1. The van der Waals surface area contributed by atoms with E-state index in [2.05, 4.69) is 11.9 Å². The lowest BCUT2D eigenvalue weighted by molar-refractivity contribution is -0.142. The van der Waals surface area contributed by atoms with Gasteiger partial charge >= 0.3 is 5.97 Å². The van der Waals surface area contributed by atoms with E-state index in [1.54, 1.807) is 0 Å². The van der Waals surface area contributed by atoms with Crippen LogP contribution in [0.5, 0.6) is 0 Å². The number of esters is 1. The average molecular weight is 181 g/mol. The quantitative estimate of drug-likeness (QED) is 0.718. The molecule has 0 fully saturated rings. The van der Waals surface area contributed by atoms with Gasteiger partial charge in [-0.05, 0) is 25.0 Å². The monoisotopic (exact) mass is 181 g/mol. The number of hydrogen-bond acceptors (Lipinski definition) is 2. The van der Waals surface area contributed by atoms with Crippen molar-refractivity contribution in [2.24, 2.45) is 0 Å². The van der Waals surface area contributed by atoms with Crippen molar-refractivity contribution in [3.8, 4) is 0 Å². The summed E-state index contributed by atoms with van der Waals surface area (Å²) in [6.45, 7) is 4.33. The van der Waals surface area contributed by atoms with Gasteiger partial charge in [-0.1, -0.05) is 6.92 Å². The van der Waals surface area contributed by atoms with E-state index in [1.165, 1.54) is 5.56 Å². The van der Waals surface area contributed by atoms with Crippen molar-refractivity contribution < 1.29 is 9.53 Å². The molecule has 0 spiro atoms. The molecule has 0 atom stereocenters. The first-order valence-corrected chi connectivity index (χ1v) is 4.58. The number of nitrogens with one attached hydrogen (secondary N) is 1. The van der Waals surface area contributed by atoms with Crippen LogP contribution in [0.4, 0.5) is 0 Å². The minimum Gasteiger partial charge on any atom is -0.466 e. The fourth-order valence-electron chi connectivity index (χ4n) is 1.29. The van der Waals surface area contributed by atoms with Crippen LogP contribution in [0.2, 0.25) is 0 Å². The predicted octanol–water partition coefficient (Wildman–Crippen LogP) is 1.68. The highest BCUT2D eigenvalue weighted by atomic mass is 16.5. The summed E-state index contributed by atoms with van der Waals surface area (Å²) in [4.78, 5) is 14.2. The number of aromatic amines is 1. The molecule has 0 aliphatic carbocycles. The Morgan fingerprint density at radius 1 is 1.54 bits per heavy atom. The third-order valence-corrected chi connectivity index (χ3v) is 1.94.